The first-order valence-corrected chi connectivity index (χ1v) is 4.63. The second kappa shape index (κ2) is 3.62. The van der Waals surface area contributed by atoms with Crippen LogP contribution in [0.1, 0.15) is 18.2 Å². The van der Waals surface area contributed by atoms with Gasteiger partial charge in [0.25, 0.3) is 0 Å². The molecule has 0 unspecified atom stereocenters. The van der Waals surface area contributed by atoms with E-state index in [1.54, 1.807) is 19.2 Å². The molecule has 0 saturated carbocycles. The lowest BCUT2D eigenvalue weighted by Gasteiger charge is -2.00. The summed E-state index contributed by atoms with van der Waals surface area (Å²) in [5.41, 5.74) is 2.67. The molecule has 0 saturated heterocycles. The Balaban J connectivity index is 2.19. The molecule has 1 aromatic rings. The number of ether oxygens (including phenoxy) is 1. The van der Waals surface area contributed by atoms with Gasteiger partial charge in [-0.15, -0.1) is 0 Å². The first-order chi connectivity index (χ1) is 6.81. The number of pyridine rings is 1. The molecule has 0 N–H and O–H groups in total. The molecule has 72 valence electrons. The van der Waals surface area contributed by atoms with Crippen LogP contribution >= 0.6 is 0 Å². The zero-order valence-corrected chi connectivity index (χ0v) is 7.99. The van der Waals surface area contributed by atoms with Gasteiger partial charge in [-0.25, -0.2) is 4.79 Å². The summed E-state index contributed by atoms with van der Waals surface area (Å²) in [6.07, 6.45) is 4.17. The summed E-state index contributed by atoms with van der Waals surface area (Å²) in [5.74, 6) is -0.231. The van der Waals surface area contributed by atoms with Crippen LogP contribution in [0.5, 0.6) is 0 Å². The fourth-order valence-corrected chi connectivity index (χ4v) is 1.51. The third-order valence-electron chi connectivity index (χ3n) is 2.16. The van der Waals surface area contributed by atoms with E-state index >= 15 is 0 Å². The molecule has 0 radical (unpaired) electrons. The van der Waals surface area contributed by atoms with Crippen molar-refractivity contribution >= 4 is 12.0 Å². The monoisotopic (exact) mass is 189 g/mol. The van der Waals surface area contributed by atoms with Gasteiger partial charge in [-0.3, -0.25) is 4.98 Å². The Morgan fingerprint density at radius 2 is 2.50 bits per heavy atom. The molecule has 1 aliphatic rings. The lowest BCUT2D eigenvalue weighted by Crippen LogP contribution is -2.07. The molecule has 14 heavy (non-hydrogen) atoms. The molecular formula is C11H11NO2. The maximum Gasteiger partial charge on any atom is 0.334 e. The van der Waals surface area contributed by atoms with E-state index in [-0.39, 0.29) is 5.97 Å². The number of fused-ring (bicyclic) bond motifs is 1. The topological polar surface area (TPSA) is 39.2 Å². The minimum absolute atomic E-state index is 0.231. The smallest absolute Gasteiger partial charge is 0.334 e. The number of rotatable bonds is 2. The summed E-state index contributed by atoms with van der Waals surface area (Å²) >= 11 is 0. The van der Waals surface area contributed by atoms with Crippen molar-refractivity contribution in [1.82, 2.24) is 4.98 Å². The predicted octanol–water partition coefficient (Wildman–Crippen LogP) is 1.58. The second-order valence-corrected chi connectivity index (χ2v) is 3.11. The van der Waals surface area contributed by atoms with E-state index in [9.17, 15) is 4.79 Å². The molecule has 0 spiro atoms. The SMILES string of the molecule is CCOC(=O)C1=Cc2ncccc2C1. The lowest BCUT2D eigenvalue weighted by atomic mass is 10.2. The first kappa shape index (κ1) is 8.94. The van der Waals surface area contributed by atoms with Crippen molar-refractivity contribution in [3.63, 3.8) is 0 Å². The summed E-state index contributed by atoms with van der Waals surface area (Å²) in [6.45, 7) is 2.22. The van der Waals surface area contributed by atoms with Crippen LogP contribution in [0.3, 0.4) is 0 Å². The van der Waals surface area contributed by atoms with Gasteiger partial charge in [0, 0.05) is 18.2 Å². The number of carbonyl (C=O) groups excluding carboxylic acids is 1. The van der Waals surface area contributed by atoms with Crippen molar-refractivity contribution in [3.8, 4) is 0 Å². The second-order valence-electron chi connectivity index (χ2n) is 3.11. The van der Waals surface area contributed by atoms with Crippen molar-refractivity contribution in [2.75, 3.05) is 6.61 Å². The molecule has 0 aliphatic heterocycles. The van der Waals surface area contributed by atoms with E-state index in [0.29, 0.717) is 18.6 Å². The highest BCUT2D eigenvalue weighted by atomic mass is 16.5. The number of hydrogen-bond donors (Lipinski definition) is 0. The molecule has 0 aromatic carbocycles. The van der Waals surface area contributed by atoms with Crippen molar-refractivity contribution in [2.45, 2.75) is 13.3 Å². The minimum Gasteiger partial charge on any atom is -0.463 e. The maximum absolute atomic E-state index is 11.4. The Morgan fingerprint density at radius 1 is 1.64 bits per heavy atom. The Morgan fingerprint density at radius 3 is 3.21 bits per heavy atom. The molecule has 2 rings (SSSR count). The summed E-state index contributed by atoms with van der Waals surface area (Å²) in [7, 11) is 0. The third kappa shape index (κ3) is 1.53. The summed E-state index contributed by atoms with van der Waals surface area (Å²) < 4.78 is 4.92. The van der Waals surface area contributed by atoms with E-state index in [1.807, 2.05) is 12.1 Å². The van der Waals surface area contributed by atoms with Crippen molar-refractivity contribution in [3.05, 3.63) is 35.2 Å². The number of carbonyl (C=O) groups is 1. The fraction of sp³-hybridized carbons (Fsp3) is 0.273. The van der Waals surface area contributed by atoms with Crippen LogP contribution in [-0.4, -0.2) is 17.6 Å². The molecule has 0 fully saturated rings. The largest absolute Gasteiger partial charge is 0.463 e. The van der Waals surface area contributed by atoms with Gasteiger partial charge in [-0.1, -0.05) is 6.07 Å². The van der Waals surface area contributed by atoms with Gasteiger partial charge in [0.15, 0.2) is 0 Å². The van der Waals surface area contributed by atoms with Crippen LogP contribution in [0.25, 0.3) is 6.08 Å². The normalized spacial score (nSPS) is 13.4. The molecule has 0 amide bonds. The fourth-order valence-electron chi connectivity index (χ4n) is 1.51. The Kier molecular flexibility index (Phi) is 2.31. The molecule has 1 aliphatic carbocycles. The Labute approximate surface area is 82.4 Å². The van der Waals surface area contributed by atoms with Gasteiger partial charge in [-0.05, 0) is 24.6 Å². The minimum atomic E-state index is -0.231. The highest BCUT2D eigenvalue weighted by Gasteiger charge is 2.19. The van der Waals surface area contributed by atoms with Crippen LogP contribution in [0, 0.1) is 0 Å². The molecule has 0 bridgehead atoms. The number of aromatic nitrogens is 1. The average molecular weight is 189 g/mol. The molecule has 3 heteroatoms. The van der Waals surface area contributed by atoms with E-state index in [1.165, 1.54) is 0 Å². The van der Waals surface area contributed by atoms with Crippen molar-refractivity contribution in [2.24, 2.45) is 0 Å². The number of hydrogen-bond acceptors (Lipinski definition) is 3. The number of nitrogens with zero attached hydrogens (tertiary/aromatic N) is 1. The van der Waals surface area contributed by atoms with E-state index in [0.717, 1.165) is 11.3 Å². The molecule has 1 heterocycles. The highest BCUT2D eigenvalue weighted by Crippen LogP contribution is 2.23. The average Bonchev–Trinajstić information content (AvgIpc) is 2.61. The van der Waals surface area contributed by atoms with Gasteiger partial charge in [0.2, 0.25) is 0 Å². The van der Waals surface area contributed by atoms with Crippen molar-refractivity contribution < 1.29 is 9.53 Å². The Bertz CT molecular complexity index is 396. The van der Waals surface area contributed by atoms with Crippen LogP contribution in [0.2, 0.25) is 0 Å². The maximum atomic E-state index is 11.4. The summed E-state index contributed by atoms with van der Waals surface area (Å²) in [5, 5.41) is 0. The first-order valence-electron chi connectivity index (χ1n) is 4.63. The van der Waals surface area contributed by atoms with Crippen LogP contribution in [0.4, 0.5) is 0 Å². The predicted molar refractivity (Wildman–Crippen MR) is 52.6 cm³/mol. The number of esters is 1. The van der Waals surface area contributed by atoms with E-state index in [4.69, 9.17) is 4.74 Å². The molecule has 3 nitrogen and oxygen atoms in total. The van der Waals surface area contributed by atoms with Crippen molar-refractivity contribution in [1.29, 1.82) is 0 Å². The third-order valence-corrected chi connectivity index (χ3v) is 2.16. The summed E-state index contributed by atoms with van der Waals surface area (Å²) in [4.78, 5) is 15.6. The molecule has 1 aromatic heterocycles. The lowest BCUT2D eigenvalue weighted by molar-refractivity contribution is -0.138. The van der Waals surface area contributed by atoms with Crippen LogP contribution in [-0.2, 0) is 16.0 Å². The van der Waals surface area contributed by atoms with Crippen LogP contribution < -0.4 is 0 Å². The van der Waals surface area contributed by atoms with Gasteiger partial charge < -0.3 is 4.74 Å². The quantitative estimate of drug-likeness (QED) is 0.663. The molecular weight excluding hydrogens is 178 g/mol. The zero-order valence-electron chi connectivity index (χ0n) is 7.99. The molecule has 0 atom stereocenters. The zero-order chi connectivity index (χ0) is 9.97. The van der Waals surface area contributed by atoms with Gasteiger partial charge >= 0.3 is 5.97 Å². The van der Waals surface area contributed by atoms with Gasteiger partial charge in [0.1, 0.15) is 0 Å². The van der Waals surface area contributed by atoms with Gasteiger partial charge in [-0.2, -0.15) is 0 Å². The Hall–Kier alpha value is -1.64. The van der Waals surface area contributed by atoms with E-state index < -0.39 is 0 Å². The van der Waals surface area contributed by atoms with Crippen LogP contribution in [0.15, 0.2) is 23.9 Å². The standard InChI is InChI=1S/C11H11NO2/c1-2-14-11(13)9-6-8-4-3-5-12-10(8)7-9/h3-5,7H,2,6H2,1H3. The highest BCUT2D eigenvalue weighted by molar-refractivity contribution is 5.96. The van der Waals surface area contributed by atoms with E-state index in [2.05, 4.69) is 4.98 Å². The van der Waals surface area contributed by atoms with Gasteiger partial charge in [0.05, 0.1) is 12.3 Å². The summed E-state index contributed by atoms with van der Waals surface area (Å²) in [6, 6.07) is 3.85.